The fraction of sp³-hybridized carbons (Fsp3) is 0.280. The zero-order valence-electron chi connectivity index (χ0n) is 17.5. The van der Waals surface area contributed by atoms with Gasteiger partial charge in [-0.1, -0.05) is 36.4 Å². The Labute approximate surface area is 186 Å². The first-order chi connectivity index (χ1) is 15.0. The van der Waals surface area contributed by atoms with Crippen molar-refractivity contribution in [1.82, 2.24) is 4.90 Å². The number of primary amides is 1. The highest BCUT2D eigenvalue weighted by Gasteiger charge is 2.41. The minimum absolute atomic E-state index is 0.0448. The molecule has 31 heavy (non-hydrogen) atoms. The molecule has 4 rings (SSSR count). The molecule has 0 spiro atoms. The molecule has 1 aliphatic rings. The van der Waals surface area contributed by atoms with Gasteiger partial charge in [-0.15, -0.1) is 11.3 Å². The number of rotatable bonds is 6. The molecule has 2 N–H and O–H groups in total. The summed E-state index contributed by atoms with van der Waals surface area (Å²) in [6.07, 6.45) is 1.70. The first kappa shape index (κ1) is 21.1. The van der Waals surface area contributed by atoms with Crippen LogP contribution in [0.15, 0.2) is 66.0 Å². The molecule has 1 aromatic heterocycles. The van der Waals surface area contributed by atoms with Gasteiger partial charge in [0.1, 0.15) is 5.75 Å². The number of hydrogen-bond donors (Lipinski definition) is 1. The zero-order chi connectivity index (χ0) is 21.8. The quantitative estimate of drug-likeness (QED) is 0.626. The number of amides is 2. The Morgan fingerprint density at radius 3 is 2.52 bits per heavy atom. The van der Waals surface area contributed by atoms with Crippen LogP contribution in [-0.2, 0) is 11.2 Å². The number of nitrogens with zero attached hydrogens (tertiary/aromatic N) is 1. The number of hydrogen-bond acceptors (Lipinski definition) is 4. The number of benzene rings is 2. The van der Waals surface area contributed by atoms with Gasteiger partial charge in [0.2, 0.25) is 5.91 Å². The largest absolute Gasteiger partial charge is 0.497 e. The topological polar surface area (TPSA) is 72.6 Å². The van der Waals surface area contributed by atoms with E-state index < -0.39 is 5.41 Å². The van der Waals surface area contributed by atoms with Crippen molar-refractivity contribution in [2.45, 2.75) is 19.3 Å². The molecule has 1 aliphatic heterocycles. The maximum Gasteiger partial charge on any atom is 0.253 e. The number of nitrogens with two attached hydrogens (primary N) is 1. The second-order valence-corrected chi connectivity index (χ2v) is 8.97. The van der Waals surface area contributed by atoms with E-state index in [9.17, 15) is 9.59 Å². The van der Waals surface area contributed by atoms with E-state index >= 15 is 0 Å². The molecule has 1 fully saturated rings. The van der Waals surface area contributed by atoms with Gasteiger partial charge >= 0.3 is 0 Å². The van der Waals surface area contributed by atoms with Gasteiger partial charge in [0, 0.05) is 23.5 Å². The molecule has 5 nitrogen and oxygen atoms in total. The van der Waals surface area contributed by atoms with Crippen LogP contribution in [0.3, 0.4) is 0 Å². The Bertz CT molecular complexity index is 1070. The molecule has 2 amide bonds. The van der Waals surface area contributed by atoms with Crippen molar-refractivity contribution in [3.63, 3.8) is 0 Å². The van der Waals surface area contributed by atoms with Crippen molar-refractivity contribution in [3.8, 4) is 16.2 Å². The Morgan fingerprint density at radius 2 is 1.84 bits per heavy atom. The highest BCUT2D eigenvalue weighted by molar-refractivity contribution is 7.13. The minimum Gasteiger partial charge on any atom is -0.497 e. The molecule has 0 bridgehead atoms. The lowest BCUT2D eigenvalue weighted by atomic mass is 9.73. The molecule has 3 aromatic rings. The summed E-state index contributed by atoms with van der Waals surface area (Å²) < 4.78 is 5.23. The molecular weight excluding hydrogens is 408 g/mol. The Balaban J connectivity index is 1.49. The van der Waals surface area contributed by atoms with Crippen LogP contribution in [0.1, 0.15) is 28.8 Å². The maximum absolute atomic E-state index is 12.9. The van der Waals surface area contributed by atoms with Crippen molar-refractivity contribution in [1.29, 1.82) is 0 Å². The SMILES string of the molecule is COc1cccc(C(=O)N2CCC(Cc3cccc(-c4cccs4)c3)(C(N)=O)CC2)c1. The van der Waals surface area contributed by atoms with Crippen molar-refractivity contribution in [2.24, 2.45) is 11.1 Å². The van der Waals surface area contributed by atoms with Gasteiger partial charge in [0.05, 0.1) is 12.5 Å². The second kappa shape index (κ2) is 8.94. The van der Waals surface area contributed by atoms with Gasteiger partial charge in [-0.3, -0.25) is 9.59 Å². The average Bonchev–Trinajstić information content (AvgIpc) is 3.34. The van der Waals surface area contributed by atoms with Crippen molar-refractivity contribution in [3.05, 3.63) is 77.2 Å². The highest BCUT2D eigenvalue weighted by atomic mass is 32.1. The predicted octanol–water partition coefficient (Wildman–Crippen LogP) is 4.37. The molecule has 6 heteroatoms. The van der Waals surface area contributed by atoms with Crippen LogP contribution in [0, 0.1) is 5.41 Å². The molecule has 0 unspecified atom stereocenters. The van der Waals surface area contributed by atoms with Crippen LogP contribution >= 0.6 is 11.3 Å². The third-order valence-electron chi connectivity index (χ3n) is 6.12. The lowest BCUT2D eigenvalue weighted by Crippen LogP contribution is -2.49. The Hall–Kier alpha value is -3.12. The summed E-state index contributed by atoms with van der Waals surface area (Å²) in [4.78, 5) is 28.5. The number of thiophene rings is 1. The van der Waals surface area contributed by atoms with Crippen LogP contribution in [0.5, 0.6) is 5.75 Å². The Kier molecular flexibility index (Phi) is 6.09. The fourth-order valence-corrected chi connectivity index (χ4v) is 4.98. The van der Waals surface area contributed by atoms with Crippen molar-refractivity contribution in [2.75, 3.05) is 20.2 Å². The van der Waals surface area contributed by atoms with E-state index in [4.69, 9.17) is 10.5 Å². The minimum atomic E-state index is -0.640. The molecule has 0 radical (unpaired) electrons. The predicted molar refractivity (Wildman–Crippen MR) is 123 cm³/mol. The molecule has 2 heterocycles. The number of likely N-dealkylation sites (tertiary alicyclic amines) is 1. The van der Waals surface area contributed by atoms with E-state index in [0.29, 0.717) is 43.7 Å². The van der Waals surface area contributed by atoms with Crippen LogP contribution in [-0.4, -0.2) is 36.9 Å². The summed E-state index contributed by atoms with van der Waals surface area (Å²) in [6, 6.07) is 19.6. The van der Waals surface area contributed by atoms with Gasteiger partial charge in [-0.2, -0.15) is 0 Å². The zero-order valence-corrected chi connectivity index (χ0v) is 18.4. The van der Waals surface area contributed by atoms with E-state index in [0.717, 1.165) is 11.1 Å². The smallest absolute Gasteiger partial charge is 0.253 e. The standard InChI is InChI=1S/C25H26N2O3S/c1-30-21-8-3-7-20(16-21)23(28)27-12-10-25(11-13-27,24(26)29)17-18-5-2-6-19(15-18)22-9-4-14-31-22/h2-9,14-16H,10-13,17H2,1H3,(H2,26,29). The molecular formula is C25H26N2O3S. The lowest BCUT2D eigenvalue weighted by molar-refractivity contribution is -0.130. The third-order valence-corrected chi connectivity index (χ3v) is 7.04. The van der Waals surface area contributed by atoms with Gasteiger partial charge in [-0.05, 0) is 60.0 Å². The van der Waals surface area contributed by atoms with E-state index in [1.165, 1.54) is 4.88 Å². The molecule has 0 atom stereocenters. The van der Waals surface area contributed by atoms with Crippen molar-refractivity contribution < 1.29 is 14.3 Å². The maximum atomic E-state index is 12.9. The monoisotopic (exact) mass is 434 g/mol. The van der Waals surface area contributed by atoms with Crippen LogP contribution in [0.25, 0.3) is 10.4 Å². The average molecular weight is 435 g/mol. The van der Waals surface area contributed by atoms with E-state index in [2.05, 4.69) is 29.6 Å². The summed E-state index contributed by atoms with van der Waals surface area (Å²) in [7, 11) is 1.58. The summed E-state index contributed by atoms with van der Waals surface area (Å²) >= 11 is 1.70. The van der Waals surface area contributed by atoms with E-state index in [-0.39, 0.29) is 11.8 Å². The summed E-state index contributed by atoms with van der Waals surface area (Å²) in [6.45, 7) is 1.01. The lowest BCUT2D eigenvalue weighted by Gasteiger charge is -2.40. The molecule has 2 aromatic carbocycles. The summed E-state index contributed by atoms with van der Waals surface area (Å²) in [5, 5.41) is 2.06. The normalized spacial score (nSPS) is 15.5. The van der Waals surface area contributed by atoms with Crippen LogP contribution < -0.4 is 10.5 Å². The van der Waals surface area contributed by atoms with E-state index in [1.54, 1.807) is 35.5 Å². The number of carbonyl (C=O) groups is 2. The first-order valence-electron chi connectivity index (χ1n) is 10.4. The number of carbonyl (C=O) groups excluding carboxylic acids is 2. The molecule has 0 saturated carbocycles. The second-order valence-electron chi connectivity index (χ2n) is 8.02. The van der Waals surface area contributed by atoms with Crippen molar-refractivity contribution >= 4 is 23.2 Å². The summed E-state index contributed by atoms with van der Waals surface area (Å²) in [5.74, 6) is 0.319. The van der Waals surface area contributed by atoms with Crippen LogP contribution in [0.2, 0.25) is 0 Å². The van der Waals surface area contributed by atoms with Gasteiger partial charge in [0.25, 0.3) is 5.91 Å². The summed E-state index contributed by atoms with van der Waals surface area (Å²) in [5.41, 5.74) is 8.09. The molecule has 160 valence electrons. The van der Waals surface area contributed by atoms with E-state index in [1.807, 2.05) is 24.3 Å². The fourth-order valence-electron chi connectivity index (χ4n) is 4.25. The Morgan fingerprint density at radius 1 is 1.06 bits per heavy atom. The highest BCUT2D eigenvalue weighted by Crippen LogP contribution is 2.36. The molecule has 0 aliphatic carbocycles. The third kappa shape index (κ3) is 4.49. The van der Waals surface area contributed by atoms with Gasteiger partial charge < -0.3 is 15.4 Å². The van der Waals surface area contributed by atoms with Gasteiger partial charge in [0.15, 0.2) is 0 Å². The van der Waals surface area contributed by atoms with Gasteiger partial charge in [-0.25, -0.2) is 0 Å². The number of methoxy groups -OCH3 is 1. The number of piperidine rings is 1. The first-order valence-corrected chi connectivity index (χ1v) is 11.2. The number of ether oxygens (including phenoxy) is 1. The molecule has 1 saturated heterocycles. The van der Waals surface area contributed by atoms with Crippen LogP contribution in [0.4, 0.5) is 0 Å².